The number of hydrogen-bond donors (Lipinski definition) is 2. The standard InChI is InChI=1S/C22H19N3O4/c26-21(14-16-10-12-18(13-11-16)25(28)29)24-20-9-5-4-8-19(20)22(27)23-15-17-6-2-1-3-7-17/h1-13H,14-15H2,(H,23,27)(H,24,26). The van der Waals surface area contributed by atoms with E-state index in [4.69, 9.17) is 0 Å². The number of nitro groups is 1. The second-order valence-electron chi connectivity index (χ2n) is 6.36. The minimum absolute atomic E-state index is 0.0328. The Hall–Kier alpha value is -4.00. The van der Waals surface area contributed by atoms with Crippen LogP contribution in [0.3, 0.4) is 0 Å². The highest BCUT2D eigenvalue weighted by molar-refractivity contribution is 6.04. The summed E-state index contributed by atoms with van der Waals surface area (Å²) in [6.45, 7) is 0.380. The van der Waals surface area contributed by atoms with Crippen molar-refractivity contribution in [1.29, 1.82) is 0 Å². The first-order valence-corrected chi connectivity index (χ1v) is 8.97. The van der Waals surface area contributed by atoms with Crippen LogP contribution in [0, 0.1) is 10.1 Å². The van der Waals surface area contributed by atoms with Crippen LogP contribution in [0.1, 0.15) is 21.5 Å². The molecule has 3 aromatic rings. The van der Waals surface area contributed by atoms with Gasteiger partial charge in [-0.3, -0.25) is 19.7 Å². The van der Waals surface area contributed by atoms with Crippen LogP contribution >= 0.6 is 0 Å². The van der Waals surface area contributed by atoms with E-state index >= 15 is 0 Å². The van der Waals surface area contributed by atoms with E-state index in [9.17, 15) is 19.7 Å². The molecule has 0 heterocycles. The summed E-state index contributed by atoms with van der Waals surface area (Å²) in [5.74, 6) is -0.609. The van der Waals surface area contributed by atoms with Crippen molar-refractivity contribution in [3.8, 4) is 0 Å². The molecule has 0 aliphatic carbocycles. The molecule has 0 aliphatic heterocycles. The van der Waals surface area contributed by atoms with Crippen molar-refractivity contribution in [2.24, 2.45) is 0 Å². The lowest BCUT2D eigenvalue weighted by atomic mass is 10.1. The first-order chi connectivity index (χ1) is 14.0. The molecule has 0 unspecified atom stereocenters. The summed E-state index contributed by atoms with van der Waals surface area (Å²) < 4.78 is 0. The van der Waals surface area contributed by atoms with Crippen molar-refractivity contribution in [1.82, 2.24) is 5.32 Å². The normalized spacial score (nSPS) is 10.2. The topological polar surface area (TPSA) is 101 Å². The summed E-state index contributed by atoms with van der Waals surface area (Å²) in [5.41, 5.74) is 2.35. The highest BCUT2D eigenvalue weighted by Gasteiger charge is 2.14. The third kappa shape index (κ3) is 5.49. The number of anilines is 1. The Morgan fingerprint density at radius 1 is 0.828 bits per heavy atom. The Balaban J connectivity index is 1.64. The fourth-order valence-electron chi connectivity index (χ4n) is 2.78. The maximum absolute atomic E-state index is 12.6. The fourth-order valence-corrected chi connectivity index (χ4v) is 2.78. The molecule has 7 nitrogen and oxygen atoms in total. The van der Waals surface area contributed by atoms with Gasteiger partial charge in [-0.25, -0.2) is 0 Å². The van der Waals surface area contributed by atoms with Crippen LogP contribution in [0.15, 0.2) is 78.9 Å². The SMILES string of the molecule is O=C(Cc1ccc([N+](=O)[O-])cc1)Nc1ccccc1C(=O)NCc1ccccc1. The average molecular weight is 389 g/mol. The maximum Gasteiger partial charge on any atom is 0.269 e. The van der Waals surface area contributed by atoms with Crippen LogP contribution in [-0.2, 0) is 17.8 Å². The Kier molecular flexibility index (Phi) is 6.32. The van der Waals surface area contributed by atoms with E-state index in [1.807, 2.05) is 30.3 Å². The number of carbonyl (C=O) groups excluding carboxylic acids is 2. The zero-order valence-corrected chi connectivity index (χ0v) is 15.5. The van der Waals surface area contributed by atoms with Gasteiger partial charge >= 0.3 is 0 Å². The Bertz CT molecular complexity index is 1020. The van der Waals surface area contributed by atoms with Gasteiger partial charge in [0.15, 0.2) is 0 Å². The molecular formula is C22H19N3O4. The molecule has 146 valence electrons. The molecule has 0 atom stereocenters. The fraction of sp³-hybridized carbons (Fsp3) is 0.0909. The van der Waals surface area contributed by atoms with Crippen LogP contribution in [-0.4, -0.2) is 16.7 Å². The first kappa shape index (κ1) is 19.8. The molecule has 0 radical (unpaired) electrons. The monoisotopic (exact) mass is 389 g/mol. The van der Waals surface area contributed by atoms with Crippen LogP contribution in [0.25, 0.3) is 0 Å². The van der Waals surface area contributed by atoms with Crippen molar-refractivity contribution in [3.63, 3.8) is 0 Å². The second-order valence-corrected chi connectivity index (χ2v) is 6.36. The van der Waals surface area contributed by atoms with Crippen LogP contribution in [0.5, 0.6) is 0 Å². The van der Waals surface area contributed by atoms with E-state index in [-0.39, 0.29) is 23.9 Å². The van der Waals surface area contributed by atoms with E-state index in [2.05, 4.69) is 10.6 Å². The minimum atomic E-state index is -0.492. The van der Waals surface area contributed by atoms with E-state index in [0.29, 0.717) is 23.4 Å². The van der Waals surface area contributed by atoms with Crippen LogP contribution in [0.2, 0.25) is 0 Å². The molecule has 0 saturated carbocycles. The number of hydrogen-bond acceptors (Lipinski definition) is 4. The van der Waals surface area contributed by atoms with Crippen LogP contribution in [0.4, 0.5) is 11.4 Å². The van der Waals surface area contributed by atoms with Crippen molar-refractivity contribution < 1.29 is 14.5 Å². The van der Waals surface area contributed by atoms with Gasteiger partial charge in [0.25, 0.3) is 11.6 Å². The van der Waals surface area contributed by atoms with Crippen LogP contribution < -0.4 is 10.6 Å². The molecule has 0 saturated heterocycles. The Morgan fingerprint density at radius 2 is 1.48 bits per heavy atom. The zero-order chi connectivity index (χ0) is 20.6. The largest absolute Gasteiger partial charge is 0.348 e. The lowest BCUT2D eigenvalue weighted by Gasteiger charge is -2.11. The summed E-state index contributed by atoms with van der Waals surface area (Å²) in [6.07, 6.45) is 0.0396. The number of amides is 2. The zero-order valence-electron chi connectivity index (χ0n) is 15.5. The summed E-state index contributed by atoms with van der Waals surface area (Å²) in [7, 11) is 0. The smallest absolute Gasteiger partial charge is 0.269 e. The van der Waals surface area contributed by atoms with Gasteiger partial charge in [0.1, 0.15) is 0 Å². The minimum Gasteiger partial charge on any atom is -0.348 e. The van der Waals surface area contributed by atoms with Gasteiger partial charge in [-0.15, -0.1) is 0 Å². The Morgan fingerprint density at radius 3 is 2.17 bits per heavy atom. The number of carbonyl (C=O) groups is 2. The number of benzene rings is 3. The van der Waals surface area contributed by atoms with E-state index in [0.717, 1.165) is 5.56 Å². The number of nitro benzene ring substituents is 1. The molecule has 2 N–H and O–H groups in total. The third-order valence-corrected chi connectivity index (χ3v) is 4.25. The lowest BCUT2D eigenvalue weighted by molar-refractivity contribution is -0.384. The van der Waals surface area contributed by atoms with Crippen molar-refractivity contribution >= 4 is 23.2 Å². The van der Waals surface area contributed by atoms with Gasteiger partial charge < -0.3 is 10.6 Å². The molecule has 0 bridgehead atoms. The van der Waals surface area contributed by atoms with Gasteiger partial charge in [0.2, 0.25) is 5.91 Å². The highest BCUT2D eigenvalue weighted by atomic mass is 16.6. The lowest BCUT2D eigenvalue weighted by Crippen LogP contribution is -2.25. The number of rotatable bonds is 7. The van der Waals surface area contributed by atoms with Gasteiger partial charge in [-0.05, 0) is 23.3 Å². The molecule has 7 heteroatoms. The van der Waals surface area contributed by atoms with Crippen molar-refractivity contribution in [2.45, 2.75) is 13.0 Å². The predicted octanol–water partition coefficient (Wildman–Crippen LogP) is 3.71. The summed E-state index contributed by atoms with van der Waals surface area (Å²) >= 11 is 0. The summed E-state index contributed by atoms with van der Waals surface area (Å²) in [6, 6.07) is 22.1. The number of nitrogens with zero attached hydrogens (tertiary/aromatic N) is 1. The second kappa shape index (κ2) is 9.27. The molecule has 29 heavy (non-hydrogen) atoms. The van der Waals surface area contributed by atoms with Crippen molar-refractivity contribution in [2.75, 3.05) is 5.32 Å². The maximum atomic E-state index is 12.6. The molecule has 0 spiro atoms. The molecule has 3 aromatic carbocycles. The molecule has 0 aromatic heterocycles. The van der Waals surface area contributed by atoms with E-state index in [1.54, 1.807) is 24.3 Å². The van der Waals surface area contributed by atoms with E-state index < -0.39 is 4.92 Å². The molecule has 0 fully saturated rings. The average Bonchev–Trinajstić information content (AvgIpc) is 2.73. The highest BCUT2D eigenvalue weighted by Crippen LogP contribution is 2.17. The number of para-hydroxylation sites is 1. The van der Waals surface area contributed by atoms with Gasteiger partial charge in [-0.2, -0.15) is 0 Å². The predicted molar refractivity (Wildman–Crippen MR) is 109 cm³/mol. The number of nitrogens with one attached hydrogen (secondary N) is 2. The first-order valence-electron chi connectivity index (χ1n) is 8.97. The molecule has 0 aliphatic rings. The number of non-ortho nitro benzene ring substituents is 1. The molecule has 2 amide bonds. The van der Waals surface area contributed by atoms with E-state index in [1.165, 1.54) is 24.3 Å². The Labute approximate surface area is 167 Å². The molecular weight excluding hydrogens is 370 g/mol. The summed E-state index contributed by atoms with van der Waals surface area (Å²) in [5, 5.41) is 16.3. The quantitative estimate of drug-likeness (QED) is 0.475. The summed E-state index contributed by atoms with van der Waals surface area (Å²) in [4.78, 5) is 35.1. The van der Waals surface area contributed by atoms with Gasteiger partial charge in [-0.1, -0.05) is 54.6 Å². The molecule has 3 rings (SSSR count). The van der Waals surface area contributed by atoms with Crippen molar-refractivity contribution in [3.05, 3.63) is 106 Å². The van der Waals surface area contributed by atoms with Gasteiger partial charge in [0.05, 0.1) is 22.6 Å². The third-order valence-electron chi connectivity index (χ3n) is 4.25. The van der Waals surface area contributed by atoms with Gasteiger partial charge in [0, 0.05) is 18.7 Å².